The van der Waals surface area contributed by atoms with Crippen LogP contribution in [-0.4, -0.2) is 40.8 Å². The molecule has 0 spiro atoms. The Morgan fingerprint density at radius 1 is 1.39 bits per heavy atom. The van der Waals surface area contributed by atoms with E-state index in [9.17, 15) is 4.79 Å². The van der Waals surface area contributed by atoms with Crippen molar-refractivity contribution in [3.8, 4) is 5.75 Å². The molecule has 2 aromatic heterocycles. The number of benzene rings is 1. The molecule has 1 amide bonds. The number of rotatable bonds is 3. The van der Waals surface area contributed by atoms with Crippen LogP contribution >= 0.6 is 0 Å². The van der Waals surface area contributed by atoms with Gasteiger partial charge in [-0.3, -0.25) is 9.48 Å². The number of methoxy groups -OCH3 is 1. The smallest absolute Gasteiger partial charge is 0.289 e. The van der Waals surface area contributed by atoms with Crippen molar-refractivity contribution in [2.45, 2.75) is 12.5 Å². The monoisotopic (exact) mass is 311 g/mol. The molecule has 0 aliphatic carbocycles. The van der Waals surface area contributed by atoms with Crippen LogP contribution in [0.15, 0.2) is 47.1 Å². The molecule has 3 aromatic rings. The van der Waals surface area contributed by atoms with Gasteiger partial charge in [-0.05, 0) is 24.6 Å². The SMILES string of the molecule is COc1cccc2cc(C(=O)N3CCC(n4cccn4)C3)oc12. The van der Waals surface area contributed by atoms with Crippen molar-refractivity contribution in [2.24, 2.45) is 0 Å². The summed E-state index contributed by atoms with van der Waals surface area (Å²) < 4.78 is 12.9. The summed E-state index contributed by atoms with van der Waals surface area (Å²) in [5, 5.41) is 5.13. The average Bonchev–Trinajstić information content (AvgIpc) is 3.32. The van der Waals surface area contributed by atoms with E-state index in [0.717, 1.165) is 11.8 Å². The Kier molecular flexibility index (Phi) is 3.29. The fourth-order valence-electron chi connectivity index (χ4n) is 3.10. The minimum absolute atomic E-state index is 0.0853. The topological polar surface area (TPSA) is 60.5 Å². The van der Waals surface area contributed by atoms with Gasteiger partial charge in [-0.15, -0.1) is 0 Å². The number of furan rings is 1. The molecule has 3 heterocycles. The Hall–Kier alpha value is -2.76. The van der Waals surface area contributed by atoms with Gasteiger partial charge >= 0.3 is 0 Å². The molecule has 6 nitrogen and oxygen atoms in total. The number of carbonyl (C=O) groups is 1. The molecule has 0 N–H and O–H groups in total. The van der Waals surface area contributed by atoms with E-state index in [2.05, 4.69) is 5.10 Å². The van der Waals surface area contributed by atoms with Gasteiger partial charge in [0.15, 0.2) is 17.1 Å². The number of ether oxygens (including phenoxy) is 1. The molecule has 4 rings (SSSR count). The van der Waals surface area contributed by atoms with E-state index in [0.29, 0.717) is 30.2 Å². The minimum atomic E-state index is -0.0853. The molecule has 1 aliphatic heterocycles. The summed E-state index contributed by atoms with van der Waals surface area (Å²) in [7, 11) is 1.59. The maximum atomic E-state index is 12.7. The predicted molar refractivity (Wildman–Crippen MR) is 84.6 cm³/mol. The van der Waals surface area contributed by atoms with Gasteiger partial charge in [-0.2, -0.15) is 5.10 Å². The van der Waals surface area contributed by atoms with E-state index >= 15 is 0 Å². The van der Waals surface area contributed by atoms with Crippen LogP contribution in [0.1, 0.15) is 23.0 Å². The third-order valence-electron chi connectivity index (χ3n) is 4.29. The maximum absolute atomic E-state index is 12.7. The molecule has 0 bridgehead atoms. The summed E-state index contributed by atoms with van der Waals surface area (Å²) in [5.74, 6) is 0.904. The number of amides is 1. The third kappa shape index (κ3) is 2.36. The highest BCUT2D eigenvalue weighted by Gasteiger charge is 2.30. The summed E-state index contributed by atoms with van der Waals surface area (Å²) in [6, 6.07) is 9.53. The average molecular weight is 311 g/mol. The van der Waals surface area contributed by atoms with E-state index in [1.165, 1.54) is 0 Å². The molecule has 0 saturated carbocycles. The number of fused-ring (bicyclic) bond motifs is 1. The molecule has 6 heteroatoms. The van der Waals surface area contributed by atoms with E-state index in [-0.39, 0.29) is 11.9 Å². The second-order valence-electron chi connectivity index (χ2n) is 5.67. The molecule has 1 atom stereocenters. The fourth-order valence-corrected chi connectivity index (χ4v) is 3.10. The lowest BCUT2D eigenvalue weighted by Crippen LogP contribution is -2.28. The van der Waals surface area contributed by atoms with Crippen molar-refractivity contribution < 1.29 is 13.9 Å². The lowest BCUT2D eigenvalue weighted by atomic mass is 10.2. The molecule has 118 valence electrons. The summed E-state index contributed by atoms with van der Waals surface area (Å²) in [6.07, 6.45) is 4.59. The van der Waals surface area contributed by atoms with Crippen molar-refractivity contribution >= 4 is 16.9 Å². The molecule has 1 unspecified atom stereocenters. The molecule has 1 aromatic carbocycles. The first-order valence-electron chi connectivity index (χ1n) is 7.61. The van der Waals surface area contributed by atoms with Crippen LogP contribution in [0, 0.1) is 0 Å². The van der Waals surface area contributed by atoms with Crippen molar-refractivity contribution in [3.05, 3.63) is 48.5 Å². The third-order valence-corrected chi connectivity index (χ3v) is 4.29. The Morgan fingerprint density at radius 3 is 3.09 bits per heavy atom. The zero-order valence-corrected chi connectivity index (χ0v) is 12.8. The van der Waals surface area contributed by atoms with Crippen molar-refractivity contribution in [1.82, 2.24) is 14.7 Å². The van der Waals surface area contributed by atoms with E-state index in [4.69, 9.17) is 9.15 Å². The van der Waals surface area contributed by atoms with Crippen LogP contribution in [-0.2, 0) is 0 Å². The predicted octanol–water partition coefficient (Wildman–Crippen LogP) is 2.73. The van der Waals surface area contributed by atoms with Crippen LogP contribution in [0.4, 0.5) is 0 Å². The van der Waals surface area contributed by atoms with Crippen LogP contribution in [0.25, 0.3) is 11.0 Å². The molecule has 23 heavy (non-hydrogen) atoms. The highest BCUT2D eigenvalue weighted by atomic mass is 16.5. The number of hydrogen-bond donors (Lipinski definition) is 0. The number of hydrogen-bond acceptors (Lipinski definition) is 4. The van der Waals surface area contributed by atoms with Crippen LogP contribution in [0.2, 0.25) is 0 Å². The number of aromatic nitrogens is 2. The van der Waals surface area contributed by atoms with Gasteiger partial charge in [0.05, 0.1) is 13.2 Å². The molecule has 1 aliphatic rings. The van der Waals surface area contributed by atoms with Gasteiger partial charge in [0.2, 0.25) is 0 Å². The molecule has 1 fully saturated rings. The van der Waals surface area contributed by atoms with Gasteiger partial charge in [0, 0.05) is 30.9 Å². The van der Waals surface area contributed by atoms with Gasteiger partial charge < -0.3 is 14.1 Å². The maximum Gasteiger partial charge on any atom is 0.289 e. The van der Waals surface area contributed by atoms with Crippen LogP contribution in [0.5, 0.6) is 5.75 Å². The highest BCUT2D eigenvalue weighted by molar-refractivity contribution is 5.97. The summed E-state index contributed by atoms with van der Waals surface area (Å²) in [4.78, 5) is 14.5. The molecule has 0 radical (unpaired) electrons. The van der Waals surface area contributed by atoms with Gasteiger partial charge in [-0.25, -0.2) is 0 Å². The molecular weight excluding hydrogens is 294 g/mol. The Bertz CT molecular complexity index is 838. The van der Waals surface area contributed by atoms with E-state index < -0.39 is 0 Å². The summed E-state index contributed by atoms with van der Waals surface area (Å²) in [5.41, 5.74) is 0.612. The summed E-state index contributed by atoms with van der Waals surface area (Å²) in [6.45, 7) is 1.35. The van der Waals surface area contributed by atoms with Crippen molar-refractivity contribution in [1.29, 1.82) is 0 Å². The van der Waals surface area contributed by atoms with E-state index in [1.54, 1.807) is 19.4 Å². The quantitative estimate of drug-likeness (QED) is 0.746. The first-order valence-corrected chi connectivity index (χ1v) is 7.61. The molecule has 1 saturated heterocycles. The highest BCUT2D eigenvalue weighted by Crippen LogP contribution is 2.30. The van der Waals surface area contributed by atoms with Crippen molar-refractivity contribution in [2.75, 3.05) is 20.2 Å². The van der Waals surface area contributed by atoms with E-state index in [1.807, 2.05) is 40.0 Å². The zero-order chi connectivity index (χ0) is 15.8. The Balaban J connectivity index is 1.58. The number of para-hydroxylation sites is 1. The molecular formula is C17H17N3O3. The number of likely N-dealkylation sites (tertiary alicyclic amines) is 1. The first kappa shape index (κ1) is 13.9. The fraction of sp³-hybridized carbons (Fsp3) is 0.294. The first-order chi connectivity index (χ1) is 11.3. The van der Waals surface area contributed by atoms with Gasteiger partial charge in [0.1, 0.15) is 0 Å². The lowest BCUT2D eigenvalue weighted by Gasteiger charge is -2.15. The lowest BCUT2D eigenvalue weighted by molar-refractivity contribution is 0.0757. The number of nitrogens with zero attached hydrogens (tertiary/aromatic N) is 3. The van der Waals surface area contributed by atoms with Crippen LogP contribution in [0.3, 0.4) is 0 Å². The van der Waals surface area contributed by atoms with Gasteiger partial charge in [-0.1, -0.05) is 12.1 Å². The number of carbonyl (C=O) groups excluding carboxylic acids is 1. The van der Waals surface area contributed by atoms with Gasteiger partial charge in [0.25, 0.3) is 5.91 Å². The Labute approximate surface area is 133 Å². The summed E-state index contributed by atoms with van der Waals surface area (Å²) >= 11 is 0. The standard InChI is InChI=1S/C17H17N3O3/c1-22-14-5-2-4-12-10-15(23-16(12)14)17(21)19-9-6-13(11-19)20-8-3-7-18-20/h2-5,7-8,10,13H,6,9,11H2,1H3. The van der Waals surface area contributed by atoms with Crippen LogP contribution < -0.4 is 4.74 Å². The van der Waals surface area contributed by atoms with Crippen molar-refractivity contribution in [3.63, 3.8) is 0 Å². The zero-order valence-electron chi connectivity index (χ0n) is 12.8. The minimum Gasteiger partial charge on any atom is -0.493 e. The second-order valence-corrected chi connectivity index (χ2v) is 5.67. The second kappa shape index (κ2) is 5.46. The largest absolute Gasteiger partial charge is 0.493 e. The normalized spacial score (nSPS) is 17.8. The Morgan fingerprint density at radius 2 is 2.30 bits per heavy atom.